The van der Waals surface area contributed by atoms with Crippen LogP contribution < -0.4 is 5.32 Å². The zero-order chi connectivity index (χ0) is 10.2. The molecule has 14 heavy (non-hydrogen) atoms. The average Bonchev–Trinajstić information content (AvgIpc) is 2.16. The SMILES string of the molecule is O=S1(=O)CCN2C[C@H](CO)NCC2C1. The normalized spacial score (nSPS) is 37.8. The van der Waals surface area contributed by atoms with Crippen molar-refractivity contribution in [3.8, 4) is 0 Å². The molecule has 2 rings (SSSR count). The van der Waals surface area contributed by atoms with Crippen LogP contribution >= 0.6 is 0 Å². The van der Waals surface area contributed by atoms with E-state index in [4.69, 9.17) is 5.11 Å². The predicted molar refractivity (Wildman–Crippen MR) is 52.9 cm³/mol. The molecule has 2 heterocycles. The molecule has 0 aromatic heterocycles. The molecular formula is C8H16N2O3S. The molecule has 0 aromatic carbocycles. The number of nitrogens with one attached hydrogen (secondary N) is 1. The van der Waals surface area contributed by atoms with Crippen LogP contribution in [0.2, 0.25) is 0 Å². The van der Waals surface area contributed by atoms with Gasteiger partial charge in [-0.2, -0.15) is 0 Å². The van der Waals surface area contributed by atoms with Crippen LogP contribution in [-0.2, 0) is 9.84 Å². The second-order valence-electron chi connectivity index (χ2n) is 4.05. The minimum Gasteiger partial charge on any atom is -0.395 e. The van der Waals surface area contributed by atoms with Crippen LogP contribution in [0, 0.1) is 0 Å². The molecule has 5 nitrogen and oxygen atoms in total. The van der Waals surface area contributed by atoms with Crippen LogP contribution in [0.15, 0.2) is 0 Å². The van der Waals surface area contributed by atoms with E-state index in [9.17, 15) is 8.42 Å². The summed E-state index contributed by atoms with van der Waals surface area (Å²) in [5.74, 6) is 0.528. The second kappa shape index (κ2) is 3.77. The minimum absolute atomic E-state index is 0.104. The monoisotopic (exact) mass is 220 g/mol. The number of hydrogen-bond acceptors (Lipinski definition) is 5. The molecule has 1 unspecified atom stereocenters. The maximum absolute atomic E-state index is 11.4. The molecule has 0 spiro atoms. The molecule has 0 saturated carbocycles. The van der Waals surface area contributed by atoms with Gasteiger partial charge in [0.25, 0.3) is 0 Å². The third kappa shape index (κ3) is 2.08. The Kier molecular flexibility index (Phi) is 2.79. The van der Waals surface area contributed by atoms with E-state index in [1.54, 1.807) is 0 Å². The molecule has 0 amide bonds. The van der Waals surface area contributed by atoms with E-state index in [1.807, 2.05) is 0 Å². The lowest BCUT2D eigenvalue weighted by Gasteiger charge is -2.42. The van der Waals surface area contributed by atoms with Crippen LogP contribution in [0.4, 0.5) is 0 Å². The second-order valence-corrected chi connectivity index (χ2v) is 6.28. The van der Waals surface area contributed by atoms with Gasteiger partial charge in [-0.25, -0.2) is 8.42 Å². The Morgan fingerprint density at radius 3 is 3.00 bits per heavy atom. The Hall–Kier alpha value is -0.170. The Balaban J connectivity index is 2.01. The van der Waals surface area contributed by atoms with Gasteiger partial charge in [0, 0.05) is 31.7 Å². The van der Waals surface area contributed by atoms with Crippen LogP contribution in [0.1, 0.15) is 0 Å². The highest BCUT2D eigenvalue weighted by Crippen LogP contribution is 2.14. The highest BCUT2D eigenvalue weighted by atomic mass is 32.2. The Morgan fingerprint density at radius 1 is 1.50 bits per heavy atom. The van der Waals surface area contributed by atoms with Crippen LogP contribution in [0.3, 0.4) is 0 Å². The number of piperazine rings is 1. The van der Waals surface area contributed by atoms with Crippen LogP contribution in [0.5, 0.6) is 0 Å². The Morgan fingerprint density at radius 2 is 2.29 bits per heavy atom. The molecule has 82 valence electrons. The van der Waals surface area contributed by atoms with E-state index in [0.717, 1.165) is 6.54 Å². The van der Waals surface area contributed by atoms with E-state index >= 15 is 0 Å². The molecule has 0 bridgehead atoms. The number of fused-ring (bicyclic) bond motifs is 1. The summed E-state index contributed by atoms with van der Waals surface area (Å²) in [7, 11) is -2.82. The largest absolute Gasteiger partial charge is 0.395 e. The topological polar surface area (TPSA) is 69.6 Å². The first-order valence-corrected chi connectivity index (χ1v) is 6.71. The summed E-state index contributed by atoms with van der Waals surface area (Å²) in [6, 6.07) is 0.212. The first kappa shape index (κ1) is 10.4. The van der Waals surface area contributed by atoms with Gasteiger partial charge in [-0.15, -0.1) is 0 Å². The molecule has 6 heteroatoms. The maximum Gasteiger partial charge on any atom is 0.153 e. The highest BCUT2D eigenvalue weighted by molar-refractivity contribution is 7.91. The first-order chi connectivity index (χ1) is 6.61. The molecule has 2 aliphatic heterocycles. The van der Waals surface area contributed by atoms with Crippen molar-refractivity contribution >= 4 is 9.84 Å². The van der Waals surface area contributed by atoms with E-state index < -0.39 is 9.84 Å². The summed E-state index contributed by atoms with van der Waals surface area (Å²) in [5, 5.41) is 12.1. The van der Waals surface area contributed by atoms with E-state index in [-0.39, 0.29) is 30.2 Å². The smallest absolute Gasteiger partial charge is 0.153 e. The van der Waals surface area contributed by atoms with Crippen molar-refractivity contribution < 1.29 is 13.5 Å². The Bertz CT molecular complexity index is 304. The zero-order valence-corrected chi connectivity index (χ0v) is 8.83. The van der Waals surface area contributed by atoms with Crippen molar-refractivity contribution in [3.05, 3.63) is 0 Å². The molecule has 2 fully saturated rings. The van der Waals surface area contributed by atoms with Gasteiger partial charge in [-0.1, -0.05) is 0 Å². The fraction of sp³-hybridized carbons (Fsp3) is 1.00. The maximum atomic E-state index is 11.4. The van der Waals surface area contributed by atoms with Gasteiger partial charge in [-0.3, -0.25) is 4.90 Å². The average molecular weight is 220 g/mol. The van der Waals surface area contributed by atoms with E-state index in [0.29, 0.717) is 13.1 Å². The summed E-state index contributed by atoms with van der Waals surface area (Å²) in [5.41, 5.74) is 0. The van der Waals surface area contributed by atoms with Gasteiger partial charge in [0.05, 0.1) is 18.1 Å². The lowest BCUT2D eigenvalue weighted by Crippen LogP contribution is -2.62. The summed E-state index contributed by atoms with van der Waals surface area (Å²) in [6.07, 6.45) is 0. The number of rotatable bonds is 1. The number of sulfone groups is 1. The van der Waals surface area contributed by atoms with Gasteiger partial charge in [0.15, 0.2) is 9.84 Å². The molecule has 2 N–H and O–H groups in total. The van der Waals surface area contributed by atoms with Crippen molar-refractivity contribution in [1.29, 1.82) is 0 Å². The number of nitrogens with zero attached hydrogens (tertiary/aromatic N) is 1. The number of hydrogen-bond donors (Lipinski definition) is 2. The summed E-state index contributed by atoms with van der Waals surface area (Å²) >= 11 is 0. The van der Waals surface area contributed by atoms with Crippen molar-refractivity contribution in [2.75, 3.05) is 37.7 Å². The highest BCUT2D eigenvalue weighted by Gasteiger charge is 2.35. The van der Waals surface area contributed by atoms with Crippen molar-refractivity contribution in [2.24, 2.45) is 0 Å². The minimum atomic E-state index is -2.82. The fourth-order valence-electron chi connectivity index (χ4n) is 2.12. The van der Waals surface area contributed by atoms with Crippen molar-refractivity contribution in [3.63, 3.8) is 0 Å². The quantitative estimate of drug-likeness (QED) is 0.537. The number of aliphatic hydroxyl groups is 1. The molecule has 0 aromatic rings. The van der Waals surface area contributed by atoms with Crippen LogP contribution in [0.25, 0.3) is 0 Å². The summed E-state index contributed by atoms with van der Waals surface area (Å²) in [6.45, 7) is 2.17. The summed E-state index contributed by atoms with van der Waals surface area (Å²) < 4.78 is 22.7. The molecule has 2 atom stereocenters. The van der Waals surface area contributed by atoms with Gasteiger partial charge in [-0.05, 0) is 0 Å². The van der Waals surface area contributed by atoms with Gasteiger partial charge >= 0.3 is 0 Å². The molecule has 0 radical (unpaired) electrons. The standard InChI is InChI=1S/C8H16N2O3S/c11-5-7-4-10-1-2-14(12,13)6-8(10)3-9-7/h7-9,11H,1-6H2/t7-,8?/m1/s1. The lowest BCUT2D eigenvalue weighted by molar-refractivity contribution is 0.111. The molecule has 0 aliphatic carbocycles. The first-order valence-electron chi connectivity index (χ1n) is 4.89. The zero-order valence-electron chi connectivity index (χ0n) is 8.02. The molecular weight excluding hydrogens is 204 g/mol. The predicted octanol–water partition coefficient (Wildman–Crippen LogP) is -1.95. The third-order valence-corrected chi connectivity index (χ3v) is 4.67. The molecule has 2 aliphatic rings. The van der Waals surface area contributed by atoms with Gasteiger partial charge < -0.3 is 10.4 Å². The van der Waals surface area contributed by atoms with Crippen molar-refractivity contribution in [2.45, 2.75) is 12.1 Å². The fourth-order valence-corrected chi connectivity index (χ4v) is 3.72. The Labute approximate surface area is 84.0 Å². The number of aliphatic hydroxyl groups excluding tert-OH is 1. The summed E-state index contributed by atoms with van der Waals surface area (Å²) in [4.78, 5) is 2.17. The third-order valence-electron chi connectivity index (χ3n) is 2.97. The van der Waals surface area contributed by atoms with Crippen LogP contribution in [-0.4, -0.2) is 68.3 Å². The van der Waals surface area contributed by atoms with Gasteiger partial charge in [0.2, 0.25) is 0 Å². The lowest BCUT2D eigenvalue weighted by atomic mass is 10.1. The van der Waals surface area contributed by atoms with Crippen molar-refractivity contribution in [1.82, 2.24) is 10.2 Å². The van der Waals surface area contributed by atoms with E-state index in [2.05, 4.69) is 10.2 Å². The molecule has 2 saturated heterocycles. The van der Waals surface area contributed by atoms with E-state index in [1.165, 1.54) is 0 Å². The van der Waals surface area contributed by atoms with Gasteiger partial charge in [0.1, 0.15) is 0 Å².